The van der Waals surface area contributed by atoms with Gasteiger partial charge in [0.25, 0.3) is 0 Å². The maximum Gasteiger partial charge on any atom is 0.310 e. The molecule has 0 spiro atoms. The lowest BCUT2D eigenvalue weighted by molar-refractivity contribution is -0.145. The van der Waals surface area contributed by atoms with Crippen LogP contribution in [0.4, 0.5) is 10.1 Å². The number of rotatable bonds is 8. The topological polar surface area (TPSA) is 81.7 Å². The Morgan fingerprint density at radius 2 is 1.69 bits per heavy atom. The molecular formula is C22H24FNO5. The van der Waals surface area contributed by atoms with Crippen LogP contribution in [0.15, 0.2) is 42.5 Å². The van der Waals surface area contributed by atoms with Crippen molar-refractivity contribution in [3.63, 3.8) is 0 Å². The number of hydrogen-bond donors (Lipinski definition) is 1. The van der Waals surface area contributed by atoms with Gasteiger partial charge in [-0.05, 0) is 48.9 Å². The molecule has 1 atom stereocenters. The van der Waals surface area contributed by atoms with Crippen molar-refractivity contribution in [3.05, 3.63) is 59.4 Å². The Balaban J connectivity index is 1.94. The van der Waals surface area contributed by atoms with Crippen molar-refractivity contribution in [1.82, 2.24) is 0 Å². The first-order valence-corrected chi connectivity index (χ1v) is 9.18. The van der Waals surface area contributed by atoms with Crippen molar-refractivity contribution in [3.8, 4) is 5.75 Å². The quantitative estimate of drug-likeness (QED) is 0.538. The molecule has 0 aliphatic rings. The second-order valence-corrected chi connectivity index (χ2v) is 6.86. The number of carbonyl (C=O) groups excluding carboxylic acids is 3. The minimum Gasteiger partial charge on any atom is -0.494 e. The van der Waals surface area contributed by atoms with Gasteiger partial charge in [0.05, 0.1) is 13.5 Å². The van der Waals surface area contributed by atoms with Crippen LogP contribution in [-0.2, 0) is 20.7 Å². The molecule has 2 aromatic carbocycles. The molecule has 0 aromatic heterocycles. The molecule has 0 heterocycles. The molecule has 154 valence electrons. The normalized spacial score (nSPS) is 11.7. The fraction of sp³-hybridized carbons (Fsp3) is 0.318. The Morgan fingerprint density at radius 1 is 1.03 bits per heavy atom. The van der Waals surface area contributed by atoms with Gasteiger partial charge in [0.2, 0.25) is 11.7 Å². The van der Waals surface area contributed by atoms with E-state index in [9.17, 15) is 18.8 Å². The maximum absolute atomic E-state index is 13.7. The zero-order chi connectivity index (χ0) is 21.6. The predicted molar refractivity (Wildman–Crippen MR) is 106 cm³/mol. The first kappa shape index (κ1) is 22.1. The Morgan fingerprint density at radius 3 is 2.24 bits per heavy atom. The number of nitrogens with one attached hydrogen (secondary N) is 1. The van der Waals surface area contributed by atoms with Crippen LogP contribution >= 0.6 is 0 Å². The lowest BCUT2D eigenvalue weighted by Gasteiger charge is -2.13. The highest BCUT2D eigenvalue weighted by atomic mass is 19.1. The van der Waals surface area contributed by atoms with E-state index < -0.39 is 17.9 Å². The number of anilines is 1. The standard InChI is InChI=1S/C22H24FNO5/c1-13(2)22(27)24-17-8-6-16(7-9-17)21(26)14(3)29-20(25)12-15-5-10-19(28-4)18(23)11-15/h5-11,13-14H,12H2,1-4H3,(H,24,27)/t14-/m0/s1. The second kappa shape index (κ2) is 9.82. The molecule has 0 aliphatic carbocycles. The molecule has 0 radical (unpaired) electrons. The Hall–Kier alpha value is -3.22. The minimum absolute atomic E-state index is 0.0821. The summed E-state index contributed by atoms with van der Waals surface area (Å²) in [5.41, 5.74) is 1.34. The predicted octanol–water partition coefficient (Wildman–Crippen LogP) is 3.79. The zero-order valence-corrected chi connectivity index (χ0v) is 16.8. The summed E-state index contributed by atoms with van der Waals surface area (Å²) in [5, 5.41) is 2.73. The number of amides is 1. The zero-order valence-electron chi connectivity index (χ0n) is 16.8. The summed E-state index contributed by atoms with van der Waals surface area (Å²) >= 11 is 0. The second-order valence-electron chi connectivity index (χ2n) is 6.86. The van der Waals surface area contributed by atoms with Gasteiger partial charge < -0.3 is 14.8 Å². The molecule has 0 saturated carbocycles. The number of esters is 1. The fourth-order valence-electron chi connectivity index (χ4n) is 2.52. The summed E-state index contributed by atoms with van der Waals surface area (Å²) in [4.78, 5) is 36.3. The maximum atomic E-state index is 13.7. The Bertz CT molecular complexity index is 893. The molecule has 1 N–H and O–H groups in total. The molecule has 0 aliphatic heterocycles. The van der Waals surface area contributed by atoms with Crippen LogP contribution in [0.25, 0.3) is 0 Å². The van der Waals surface area contributed by atoms with E-state index in [0.717, 1.165) is 0 Å². The van der Waals surface area contributed by atoms with E-state index in [-0.39, 0.29) is 29.8 Å². The minimum atomic E-state index is -0.998. The van der Waals surface area contributed by atoms with Crippen LogP contribution in [-0.4, -0.2) is 30.9 Å². The van der Waals surface area contributed by atoms with E-state index >= 15 is 0 Å². The van der Waals surface area contributed by atoms with Crippen LogP contribution in [0.1, 0.15) is 36.7 Å². The first-order valence-electron chi connectivity index (χ1n) is 9.18. The van der Waals surface area contributed by atoms with Crippen LogP contribution in [0.5, 0.6) is 5.75 Å². The number of benzene rings is 2. The number of hydrogen-bond acceptors (Lipinski definition) is 5. The van der Waals surface area contributed by atoms with E-state index in [4.69, 9.17) is 9.47 Å². The van der Waals surface area contributed by atoms with Crippen molar-refractivity contribution in [2.24, 2.45) is 5.92 Å². The molecule has 2 aromatic rings. The fourth-order valence-corrected chi connectivity index (χ4v) is 2.52. The molecule has 0 fully saturated rings. The third kappa shape index (κ3) is 6.14. The van der Waals surface area contributed by atoms with Gasteiger partial charge in [0.15, 0.2) is 17.7 Å². The van der Waals surface area contributed by atoms with Crippen LogP contribution in [0.2, 0.25) is 0 Å². The number of halogens is 1. The van der Waals surface area contributed by atoms with Crippen molar-refractivity contribution in [1.29, 1.82) is 0 Å². The SMILES string of the molecule is COc1ccc(CC(=O)O[C@@H](C)C(=O)c2ccc(NC(=O)C(C)C)cc2)cc1F. The average molecular weight is 401 g/mol. The lowest BCUT2D eigenvalue weighted by atomic mass is 10.1. The van der Waals surface area contributed by atoms with Gasteiger partial charge in [-0.2, -0.15) is 0 Å². The van der Waals surface area contributed by atoms with E-state index in [1.165, 1.54) is 26.2 Å². The highest BCUT2D eigenvalue weighted by Crippen LogP contribution is 2.19. The summed E-state index contributed by atoms with van der Waals surface area (Å²) in [6, 6.07) is 10.5. The summed E-state index contributed by atoms with van der Waals surface area (Å²) in [7, 11) is 1.35. The lowest BCUT2D eigenvalue weighted by Crippen LogP contribution is -2.25. The highest BCUT2D eigenvalue weighted by Gasteiger charge is 2.20. The monoisotopic (exact) mass is 401 g/mol. The number of ketones is 1. The third-order valence-electron chi connectivity index (χ3n) is 4.20. The largest absolute Gasteiger partial charge is 0.494 e. The molecule has 6 nitrogen and oxygen atoms in total. The molecular weight excluding hydrogens is 377 g/mol. The van der Waals surface area contributed by atoms with Crippen molar-refractivity contribution < 1.29 is 28.2 Å². The van der Waals surface area contributed by atoms with Crippen LogP contribution < -0.4 is 10.1 Å². The number of Topliss-reactive ketones (excluding diaryl/α,β-unsaturated/α-hetero) is 1. The molecule has 0 bridgehead atoms. The Kier molecular flexibility index (Phi) is 7.47. The summed E-state index contributed by atoms with van der Waals surface area (Å²) in [6.45, 7) is 5.04. The van der Waals surface area contributed by atoms with Crippen molar-refractivity contribution >= 4 is 23.3 Å². The Labute approximate surface area is 169 Å². The number of ether oxygens (including phenoxy) is 2. The van der Waals surface area contributed by atoms with Gasteiger partial charge >= 0.3 is 5.97 Å². The van der Waals surface area contributed by atoms with E-state index in [0.29, 0.717) is 16.8 Å². The van der Waals surface area contributed by atoms with Gasteiger partial charge in [-0.1, -0.05) is 19.9 Å². The van der Waals surface area contributed by atoms with E-state index in [1.54, 1.807) is 44.2 Å². The average Bonchev–Trinajstić information content (AvgIpc) is 2.68. The van der Waals surface area contributed by atoms with Gasteiger partial charge in [-0.25, -0.2) is 4.39 Å². The first-order chi connectivity index (χ1) is 13.7. The highest BCUT2D eigenvalue weighted by molar-refractivity contribution is 6.01. The molecule has 2 rings (SSSR count). The van der Waals surface area contributed by atoms with E-state index in [1.807, 2.05) is 0 Å². The van der Waals surface area contributed by atoms with Gasteiger partial charge in [0.1, 0.15) is 0 Å². The smallest absolute Gasteiger partial charge is 0.310 e. The van der Waals surface area contributed by atoms with Crippen molar-refractivity contribution in [2.75, 3.05) is 12.4 Å². The van der Waals surface area contributed by atoms with Gasteiger partial charge in [-0.15, -0.1) is 0 Å². The number of carbonyl (C=O) groups is 3. The third-order valence-corrected chi connectivity index (χ3v) is 4.20. The summed E-state index contributed by atoms with van der Waals surface area (Å²) in [6.07, 6.45) is -1.17. The summed E-state index contributed by atoms with van der Waals surface area (Å²) < 4.78 is 23.7. The molecule has 1 amide bonds. The van der Waals surface area contributed by atoms with Crippen LogP contribution in [0, 0.1) is 11.7 Å². The summed E-state index contributed by atoms with van der Waals surface area (Å²) in [5.74, 6) is -1.79. The molecule has 0 unspecified atom stereocenters. The van der Waals surface area contributed by atoms with Gasteiger partial charge in [-0.3, -0.25) is 14.4 Å². The molecule has 29 heavy (non-hydrogen) atoms. The molecule has 0 saturated heterocycles. The number of methoxy groups -OCH3 is 1. The van der Waals surface area contributed by atoms with E-state index in [2.05, 4.69) is 5.32 Å². The van der Waals surface area contributed by atoms with Gasteiger partial charge in [0, 0.05) is 17.2 Å². The van der Waals surface area contributed by atoms with Crippen LogP contribution in [0.3, 0.4) is 0 Å². The van der Waals surface area contributed by atoms with Crippen molar-refractivity contribution in [2.45, 2.75) is 33.3 Å². The molecule has 7 heteroatoms.